The Morgan fingerprint density at radius 2 is 1.79 bits per heavy atom. The molecule has 5 atom stereocenters. The number of amides is 4. The van der Waals surface area contributed by atoms with Crippen LogP contribution in [0.2, 0.25) is 0 Å². The molecule has 0 radical (unpaired) electrons. The van der Waals surface area contributed by atoms with Gasteiger partial charge < -0.3 is 30.3 Å². The number of pyridine rings is 1. The van der Waals surface area contributed by atoms with Crippen molar-refractivity contribution in [1.82, 2.24) is 20.5 Å². The van der Waals surface area contributed by atoms with Crippen molar-refractivity contribution in [2.75, 3.05) is 5.32 Å². The van der Waals surface area contributed by atoms with E-state index in [0.29, 0.717) is 22.8 Å². The van der Waals surface area contributed by atoms with Crippen LogP contribution in [0.15, 0.2) is 57.9 Å². The summed E-state index contributed by atoms with van der Waals surface area (Å²) in [6, 6.07) is 10.0. The molecule has 2 aliphatic carbocycles. The summed E-state index contributed by atoms with van der Waals surface area (Å²) < 4.78 is 6.85. The molecule has 4 N–H and O–H groups in total. The van der Waals surface area contributed by atoms with Crippen LogP contribution in [-0.2, 0) is 25.7 Å². The minimum Gasteiger partial charge on any atom is -0.451 e. The number of anilines is 1. The van der Waals surface area contributed by atoms with Crippen molar-refractivity contribution in [3.05, 3.63) is 64.8 Å². The molecular weight excluding hydrogens is 602 g/mol. The number of fused-ring (bicyclic) bond motifs is 3. The van der Waals surface area contributed by atoms with Crippen molar-refractivity contribution in [3.8, 4) is 0 Å². The summed E-state index contributed by atoms with van der Waals surface area (Å²) in [5.74, 6) is -1.81. The van der Waals surface area contributed by atoms with E-state index in [-0.39, 0.29) is 48.8 Å². The van der Waals surface area contributed by atoms with Gasteiger partial charge in [0.1, 0.15) is 23.9 Å². The van der Waals surface area contributed by atoms with Crippen LogP contribution < -0.4 is 26.8 Å². The first-order chi connectivity index (χ1) is 22.5. The predicted molar refractivity (Wildman–Crippen MR) is 175 cm³/mol. The molecule has 2 heterocycles. The number of aromatic nitrogens is 1. The Kier molecular flexibility index (Phi) is 10.6. The molecule has 0 aliphatic heterocycles. The maximum atomic E-state index is 13.5. The Balaban J connectivity index is 1.27. The summed E-state index contributed by atoms with van der Waals surface area (Å²) >= 11 is 0. The lowest BCUT2D eigenvalue weighted by atomic mass is 9.65. The number of benzene rings is 1. The third-order valence-electron chi connectivity index (χ3n) is 9.17. The Morgan fingerprint density at radius 3 is 2.55 bits per heavy atom. The van der Waals surface area contributed by atoms with E-state index >= 15 is 0 Å². The van der Waals surface area contributed by atoms with Gasteiger partial charge in [0.25, 0.3) is 17.4 Å². The molecule has 2 aliphatic rings. The maximum Gasteiger partial charge on any atom is 0.287 e. The molecular formula is C35H43N5O7. The van der Waals surface area contributed by atoms with Crippen LogP contribution in [0, 0.1) is 17.8 Å². The van der Waals surface area contributed by atoms with Crippen LogP contribution in [0.3, 0.4) is 0 Å². The summed E-state index contributed by atoms with van der Waals surface area (Å²) in [4.78, 5) is 77.8. The third kappa shape index (κ3) is 8.35. The normalized spacial score (nSPS) is 21.1. The Bertz CT molecular complexity index is 1670. The van der Waals surface area contributed by atoms with Gasteiger partial charge in [-0.15, -0.1) is 0 Å². The number of Topliss-reactive ketones (excluding diaryl/α,β-unsaturated/α-hetero) is 1. The summed E-state index contributed by atoms with van der Waals surface area (Å²) in [6.07, 6.45) is 6.66. The molecule has 3 aromatic rings. The zero-order valence-electron chi connectivity index (χ0n) is 27.0. The number of ketones is 1. The number of furan rings is 1. The van der Waals surface area contributed by atoms with Crippen molar-refractivity contribution < 1.29 is 28.4 Å². The Hall–Kier alpha value is -4.74. The highest BCUT2D eigenvalue weighted by atomic mass is 16.3. The first kappa shape index (κ1) is 33.6. The van der Waals surface area contributed by atoms with Gasteiger partial charge in [-0.05, 0) is 81.5 Å². The van der Waals surface area contributed by atoms with E-state index in [9.17, 15) is 28.8 Å². The molecule has 1 aromatic carbocycles. The fourth-order valence-corrected chi connectivity index (χ4v) is 6.96. The summed E-state index contributed by atoms with van der Waals surface area (Å²) in [6.45, 7) is 5.39. The lowest BCUT2D eigenvalue weighted by molar-refractivity contribution is -0.138. The third-order valence-corrected chi connectivity index (χ3v) is 9.17. The highest BCUT2D eigenvalue weighted by Crippen LogP contribution is 2.42. The molecule has 0 spiro atoms. The van der Waals surface area contributed by atoms with E-state index in [1.807, 2.05) is 0 Å². The Labute approximate surface area is 273 Å². The van der Waals surface area contributed by atoms with E-state index in [1.54, 1.807) is 44.2 Å². The number of nitrogens with zero attached hydrogens (tertiary/aromatic N) is 1. The fraction of sp³-hybridized carbons (Fsp3) is 0.486. The summed E-state index contributed by atoms with van der Waals surface area (Å²) in [5, 5.41) is 11.5. The molecule has 4 amide bonds. The second-order valence-corrected chi connectivity index (χ2v) is 13.2. The number of para-hydroxylation sites is 1. The standard InChI is InChI=1S/C35H43N5O7/c1-20(2)36-33(44)27(41)14-13-25(37-34(45)29-18-23-9-4-5-12-28(23)47-29)32(43)38-26-11-7-15-40(35(26)46)19-30(42)39-31-21(3)16-22-8-6-10-24(31)17-22/h4-5,7,9,11-12,15,18,20-22,24-25,31H,6,8,10,13-14,16-17,19H2,1-3H3,(H,36,44)(H,37,45)(H,38,43)(H,39,42). The highest BCUT2D eigenvalue weighted by molar-refractivity contribution is 6.36. The van der Waals surface area contributed by atoms with E-state index in [1.165, 1.54) is 35.7 Å². The molecule has 0 saturated heterocycles. The number of carbonyl (C=O) groups excluding carboxylic acids is 5. The van der Waals surface area contributed by atoms with Gasteiger partial charge in [0.05, 0.1) is 0 Å². The van der Waals surface area contributed by atoms with Crippen molar-refractivity contribution in [2.24, 2.45) is 17.8 Å². The molecule has 12 heteroatoms. The van der Waals surface area contributed by atoms with Gasteiger partial charge in [0.2, 0.25) is 17.6 Å². The van der Waals surface area contributed by atoms with Crippen LogP contribution in [-0.4, -0.2) is 52.1 Å². The SMILES string of the molecule is CC(C)NC(=O)C(=O)CCC(NC(=O)c1cc2ccccc2o1)C(=O)Nc1cccn(CC(=O)NC2C(C)CC3CCCC2C3)c1=O. The molecule has 5 rings (SSSR count). The quantitative estimate of drug-likeness (QED) is 0.219. The zero-order chi connectivity index (χ0) is 33.7. The molecule has 5 unspecified atom stereocenters. The van der Waals surface area contributed by atoms with Crippen LogP contribution in [0.4, 0.5) is 5.69 Å². The van der Waals surface area contributed by atoms with Gasteiger partial charge in [-0.1, -0.05) is 38.0 Å². The lowest BCUT2D eigenvalue weighted by Crippen LogP contribution is -2.50. The smallest absolute Gasteiger partial charge is 0.287 e. The number of carbonyl (C=O) groups is 5. The van der Waals surface area contributed by atoms with E-state index in [2.05, 4.69) is 28.2 Å². The van der Waals surface area contributed by atoms with Gasteiger partial charge in [0, 0.05) is 30.1 Å². The van der Waals surface area contributed by atoms with Crippen molar-refractivity contribution in [1.29, 1.82) is 0 Å². The molecule has 47 heavy (non-hydrogen) atoms. The number of hydrogen-bond donors (Lipinski definition) is 4. The minimum absolute atomic E-state index is 0.0445. The monoisotopic (exact) mass is 645 g/mol. The molecule has 2 fully saturated rings. The van der Waals surface area contributed by atoms with Gasteiger partial charge in [-0.3, -0.25) is 28.8 Å². The lowest BCUT2D eigenvalue weighted by Gasteiger charge is -2.44. The summed E-state index contributed by atoms with van der Waals surface area (Å²) in [5.41, 5.74) is -0.215. The number of nitrogens with one attached hydrogen (secondary N) is 4. The minimum atomic E-state index is -1.30. The number of hydrogen-bond acceptors (Lipinski definition) is 7. The van der Waals surface area contributed by atoms with E-state index < -0.39 is 35.1 Å². The topological polar surface area (TPSA) is 169 Å². The highest BCUT2D eigenvalue weighted by Gasteiger charge is 2.38. The van der Waals surface area contributed by atoms with Crippen LogP contribution in [0.5, 0.6) is 0 Å². The van der Waals surface area contributed by atoms with Crippen LogP contribution in [0.25, 0.3) is 11.0 Å². The number of rotatable bonds is 12. The fourth-order valence-electron chi connectivity index (χ4n) is 6.96. The van der Waals surface area contributed by atoms with Crippen molar-refractivity contribution in [2.45, 2.75) is 90.4 Å². The maximum absolute atomic E-state index is 13.5. The van der Waals surface area contributed by atoms with E-state index in [4.69, 9.17) is 4.42 Å². The van der Waals surface area contributed by atoms with Gasteiger partial charge in [0.15, 0.2) is 5.76 Å². The van der Waals surface area contributed by atoms with Crippen molar-refractivity contribution >= 4 is 46.1 Å². The second kappa shape index (κ2) is 14.8. The predicted octanol–water partition coefficient (Wildman–Crippen LogP) is 3.54. The molecule has 2 bridgehead atoms. The van der Waals surface area contributed by atoms with E-state index in [0.717, 1.165) is 25.2 Å². The van der Waals surface area contributed by atoms with Gasteiger partial charge >= 0.3 is 0 Å². The summed E-state index contributed by atoms with van der Waals surface area (Å²) in [7, 11) is 0. The molecule has 250 valence electrons. The van der Waals surface area contributed by atoms with Crippen molar-refractivity contribution in [3.63, 3.8) is 0 Å². The first-order valence-corrected chi connectivity index (χ1v) is 16.4. The molecule has 2 aromatic heterocycles. The molecule has 2 saturated carbocycles. The molecule has 12 nitrogen and oxygen atoms in total. The zero-order valence-corrected chi connectivity index (χ0v) is 27.0. The van der Waals surface area contributed by atoms with Gasteiger partial charge in [-0.25, -0.2) is 0 Å². The van der Waals surface area contributed by atoms with Gasteiger partial charge in [-0.2, -0.15) is 0 Å². The first-order valence-electron chi connectivity index (χ1n) is 16.4. The Morgan fingerprint density at radius 1 is 1.00 bits per heavy atom. The van der Waals surface area contributed by atoms with Crippen LogP contribution in [0.1, 0.15) is 76.3 Å². The largest absolute Gasteiger partial charge is 0.451 e. The second-order valence-electron chi connectivity index (χ2n) is 13.2. The average molecular weight is 646 g/mol. The van der Waals surface area contributed by atoms with Crippen LogP contribution >= 0.6 is 0 Å². The average Bonchev–Trinajstić information content (AvgIpc) is 3.47.